The van der Waals surface area contributed by atoms with Crippen LogP contribution >= 0.6 is 0 Å². The van der Waals surface area contributed by atoms with Crippen molar-refractivity contribution in [1.29, 1.82) is 0 Å². The normalized spacial score (nSPS) is 18.4. The van der Waals surface area contributed by atoms with E-state index in [9.17, 15) is 18.3 Å². The average molecular weight is 366 g/mol. The molecule has 25 heavy (non-hydrogen) atoms. The molecule has 1 aromatic carbocycles. The number of ketones is 1. The quantitative estimate of drug-likeness (QED) is 0.638. The van der Waals surface area contributed by atoms with Crippen LogP contribution in [0, 0.1) is 5.41 Å². The van der Waals surface area contributed by atoms with E-state index >= 15 is 0 Å². The molecule has 0 heterocycles. The molecule has 136 valence electrons. The maximum Gasteiger partial charge on any atom is 0.264 e. The summed E-state index contributed by atoms with van der Waals surface area (Å²) in [5.74, 6) is -0.121. The summed E-state index contributed by atoms with van der Waals surface area (Å²) in [6.07, 6.45) is 2.09. The van der Waals surface area contributed by atoms with Crippen molar-refractivity contribution in [1.82, 2.24) is 4.47 Å². The van der Waals surface area contributed by atoms with Gasteiger partial charge in [0.2, 0.25) is 0 Å². The first-order valence-corrected chi connectivity index (χ1v) is 9.13. The van der Waals surface area contributed by atoms with Crippen molar-refractivity contribution in [3.8, 4) is 0 Å². The van der Waals surface area contributed by atoms with Gasteiger partial charge in [-0.1, -0.05) is 18.3 Å². The van der Waals surface area contributed by atoms with Gasteiger partial charge in [0.15, 0.2) is 5.78 Å². The molecule has 0 amide bonds. The summed E-state index contributed by atoms with van der Waals surface area (Å²) < 4.78 is 25.0. The summed E-state index contributed by atoms with van der Waals surface area (Å²) in [6.45, 7) is 3.84. The second-order valence-corrected chi connectivity index (χ2v) is 8.59. The van der Waals surface area contributed by atoms with E-state index in [1.807, 2.05) is 13.8 Å². The van der Waals surface area contributed by atoms with Crippen LogP contribution in [0.4, 0.5) is 5.69 Å². The number of aliphatic hydroxyl groups is 1. The number of carbonyl (C=O) groups is 1. The molecule has 0 saturated heterocycles. The van der Waals surface area contributed by atoms with Gasteiger partial charge in [0.1, 0.15) is 5.76 Å². The van der Waals surface area contributed by atoms with Crippen molar-refractivity contribution < 1.29 is 23.2 Å². The first kappa shape index (κ1) is 19.3. The first-order chi connectivity index (χ1) is 11.6. The second-order valence-electron chi connectivity index (χ2n) is 6.65. The fourth-order valence-corrected chi connectivity index (χ4v) is 3.51. The third-order valence-corrected chi connectivity index (χ3v) is 5.66. The number of sulfonamides is 1. The van der Waals surface area contributed by atoms with Gasteiger partial charge in [0, 0.05) is 26.1 Å². The highest BCUT2D eigenvalue weighted by atomic mass is 32.2. The molecule has 0 aliphatic heterocycles. The molecule has 1 aliphatic rings. The van der Waals surface area contributed by atoms with E-state index in [0.29, 0.717) is 18.5 Å². The Morgan fingerprint density at radius 3 is 2.36 bits per heavy atom. The van der Waals surface area contributed by atoms with Crippen LogP contribution < -0.4 is 0 Å². The van der Waals surface area contributed by atoms with Gasteiger partial charge in [-0.25, -0.2) is 8.42 Å². The van der Waals surface area contributed by atoms with Crippen LogP contribution in [-0.2, 0) is 19.7 Å². The molecule has 1 aliphatic carbocycles. The predicted molar refractivity (Wildman–Crippen MR) is 94.2 cm³/mol. The third-order valence-electron chi connectivity index (χ3n) is 3.97. The second kappa shape index (κ2) is 7.07. The number of hydroxylamine groups is 1. The van der Waals surface area contributed by atoms with Crippen molar-refractivity contribution in [3.05, 3.63) is 35.6 Å². The molecule has 1 N–H and O–H groups in total. The van der Waals surface area contributed by atoms with Crippen molar-refractivity contribution in [2.24, 2.45) is 10.4 Å². The number of hydrogen-bond acceptors (Lipinski definition) is 6. The number of hydrogen-bond donors (Lipinski definition) is 1. The molecule has 0 radical (unpaired) electrons. The van der Waals surface area contributed by atoms with Crippen LogP contribution in [0.15, 0.2) is 45.5 Å². The average Bonchev–Trinajstić information content (AvgIpc) is 2.52. The highest BCUT2D eigenvalue weighted by Gasteiger charge is 2.32. The lowest BCUT2D eigenvalue weighted by molar-refractivity contribution is -0.117. The minimum atomic E-state index is -3.72. The van der Waals surface area contributed by atoms with Crippen molar-refractivity contribution in [2.45, 2.75) is 31.6 Å². The molecule has 7 nitrogen and oxygen atoms in total. The van der Waals surface area contributed by atoms with E-state index in [2.05, 4.69) is 4.99 Å². The number of Topliss-reactive ketones (excluding diaryl/α,β-unsaturated/α-hetero) is 1. The van der Waals surface area contributed by atoms with Crippen molar-refractivity contribution >= 4 is 27.7 Å². The zero-order valence-corrected chi connectivity index (χ0v) is 15.5. The summed E-state index contributed by atoms with van der Waals surface area (Å²) >= 11 is 0. The Morgan fingerprint density at radius 1 is 1.24 bits per heavy atom. The van der Waals surface area contributed by atoms with Gasteiger partial charge in [0.05, 0.1) is 23.3 Å². The number of aliphatic hydroxyl groups excluding tert-OH is 1. The van der Waals surface area contributed by atoms with Crippen LogP contribution in [-0.4, -0.2) is 44.1 Å². The highest BCUT2D eigenvalue weighted by Crippen LogP contribution is 2.35. The number of benzene rings is 1. The third kappa shape index (κ3) is 4.33. The van der Waals surface area contributed by atoms with E-state index < -0.39 is 10.0 Å². The van der Waals surface area contributed by atoms with Gasteiger partial charge >= 0.3 is 0 Å². The Labute approximate surface area is 147 Å². The molecule has 2 rings (SSSR count). The summed E-state index contributed by atoms with van der Waals surface area (Å²) in [4.78, 5) is 21.1. The van der Waals surface area contributed by atoms with Gasteiger partial charge in [-0.15, -0.1) is 0 Å². The molecule has 0 unspecified atom stereocenters. The summed E-state index contributed by atoms with van der Waals surface area (Å²) in [7, 11) is -1.15. The lowest BCUT2D eigenvalue weighted by Gasteiger charge is -2.28. The number of carbonyl (C=O) groups excluding carboxylic acids is 1. The number of aliphatic imine (C=N–C) groups is 1. The lowest BCUT2D eigenvalue weighted by atomic mass is 9.77. The minimum absolute atomic E-state index is 0.0333. The zero-order chi connectivity index (χ0) is 18.8. The fourth-order valence-electron chi connectivity index (χ4n) is 2.54. The largest absolute Gasteiger partial charge is 0.511 e. The van der Waals surface area contributed by atoms with Crippen LogP contribution in [0.2, 0.25) is 0 Å². The topological polar surface area (TPSA) is 96.3 Å². The predicted octanol–water partition coefficient (Wildman–Crippen LogP) is 2.77. The standard InChI is InChI=1S/C17H22N2O5S/c1-17(2)9-15(20)14(16(21)10-17)11-18-12-5-7-13(8-6-12)25(22,23)19(3)24-4/h5-8,11,20H,9-10H2,1-4H3. The Balaban J connectivity index is 2.22. The van der Waals surface area contributed by atoms with Gasteiger partial charge < -0.3 is 5.11 Å². The molecule has 0 aromatic heterocycles. The van der Waals surface area contributed by atoms with Crippen LogP contribution in [0.25, 0.3) is 0 Å². The minimum Gasteiger partial charge on any atom is -0.511 e. The Bertz CT molecular complexity index is 823. The summed E-state index contributed by atoms with van der Waals surface area (Å²) in [5, 5.41) is 10.1. The lowest BCUT2D eigenvalue weighted by Crippen LogP contribution is -2.26. The van der Waals surface area contributed by atoms with Crippen molar-refractivity contribution in [3.63, 3.8) is 0 Å². The van der Waals surface area contributed by atoms with Crippen LogP contribution in [0.5, 0.6) is 0 Å². The Hall–Kier alpha value is -2.03. The van der Waals surface area contributed by atoms with E-state index in [1.165, 1.54) is 44.6 Å². The zero-order valence-electron chi connectivity index (χ0n) is 14.7. The van der Waals surface area contributed by atoms with Crippen LogP contribution in [0.3, 0.4) is 0 Å². The number of rotatable bonds is 5. The van der Waals surface area contributed by atoms with E-state index in [0.717, 1.165) is 4.47 Å². The van der Waals surface area contributed by atoms with Crippen molar-refractivity contribution in [2.75, 3.05) is 14.2 Å². The fraction of sp³-hybridized carbons (Fsp3) is 0.412. The number of nitrogens with zero attached hydrogens (tertiary/aromatic N) is 2. The molecule has 0 bridgehead atoms. The smallest absolute Gasteiger partial charge is 0.264 e. The van der Waals surface area contributed by atoms with E-state index in [4.69, 9.17) is 4.84 Å². The summed E-state index contributed by atoms with van der Waals surface area (Å²) in [5.41, 5.74) is 0.411. The molecular formula is C17H22N2O5S. The van der Waals surface area contributed by atoms with Gasteiger partial charge in [-0.05, 0) is 29.7 Å². The van der Waals surface area contributed by atoms with E-state index in [1.54, 1.807) is 0 Å². The van der Waals surface area contributed by atoms with E-state index in [-0.39, 0.29) is 27.4 Å². The molecule has 1 aromatic rings. The maximum absolute atomic E-state index is 12.1. The monoisotopic (exact) mass is 366 g/mol. The van der Waals surface area contributed by atoms with Gasteiger partial charge in [-0.3, -0.25) is 14.6 Å². The number of allylic oxidation sites excluding steroid dienone is 2. The van der Waals surface area contributed by atoms with Gasteiger partial charge in [-0.2, -0.15) is 0 Å². The SMILES string of the molecule is CON(C)S(=O)(=O)c1ccc(N=CC2=C(O)CC(C)(C)CC2=O)cc1. The molecular weight excluding hydrogens is 344 g/mol. The molecule has 0 saturated carbocycles. The molecule has 0 spiro atoms. The Morgan fingerprint density at radius 2 is 1.84 bits per heavy atom. The van der Waals surface area contributed by atoms with Gasteiger partial charge in [0.25, 0.3) is 10.0 Å². The summed E-state index contributed by atoms with van der Waals surface area (Å²) in [6, 6.07) is 5.83. The molecule has 0 atom stereocenters. The Kier molecular flexibility index (Phi) is 5.46. The van der Waals surface area contributed by atoms with Crippen LogP contribution in [0.1, 0.15) is 26.7 Å². The first-order valence-electron chi connectivity index (χ1n) is 7.69. The molecule has 8 heteroatoms. The highest BCUT2D eigenvalue weighted by molar-refractivity contribution is 7.89. The molecule has 0 fully saturated rings. The maximum atomic E-state index is 12.1.